The lowest BCUT2D eigenvalue weighted by Crippen LogP contribution is -2.50. The van der Waals surface area contributed by atoms with E-state index in [0.29, 0.717) is 23.8 Å². The second kappa shape index (κ2) is 7.64. The van der Waals surface area contributed by atoms with Gasteiger partial charge in [0.25, 0.3) is 5.91 Å². The SMILES string of the molecule is NC(CONC(=O)[C@@H]1CC[C@@H]2CN1C(=O)N2OS(=O)(=O)O)C1CCCC1. The van der Waals surface area contributed by atoms with E-state index >= 15 is 0 Å². The molecule has 26 heavy (non-hydrogen) atoms. The molecule has 3 amide bonds. The number of urea groups is 1. The fourth-order valence-electron chi connectivity index (χ4n) is 3.90. The average molecular weight is 392 g/mol. The van der Waals surface area contributed by atoms with Crippen LogP contribution in [0.1, 0.15) is 38.5 Å². The van der Waals surface area contributed by atoms with Crippen LogP contribution in [0.4, 0.5) is 4.79 Å². The van der Waals surface area contributed by atoms with Crippen LogP contribution >= 0.6 is 0 Å². The summed E-state index contributed by atoms with van der Waals surface area (Å²) in [5.74, 6) is -0.0993. The summed E-state index contributed by atoms with van der Waals surface area (Å²) in [5.41, 5.74) is 8.39. The van der Waals surface area contributed by atoms with Crippen molar-refractivity contribution in [2.24, 2.45) is 11.7 Å². The molecule has 1 saturated carbocycles. The summed E-state index contributed by atoms with van der Waals surface area (Å²) < 4.78 is 34.8. The van der Waals surface area contributed by atoms with Crippen molar-refractivity contribution in [2.45, 2.75) is 56.7 Å². The number of fused-ring (bicyclic) bond motifs is 2. The predicted molar refractivity (Wildman–Crippen MR) is 87.4 cm³/mol. The van der Waals surface area contributed by atoms with Crippen LogP contribution in [0.3, 0.4) is 0 Å². The molecular formula is C14H24N4O7S. The number of amides is 3. The number of hydroxylamine groups is 3. The monoisotopic (exact) mass is 392 g/mol. The van der Waals surface area contributed by atoms with Gasteiger partial charge in [-0.1, -0.05) is 12.8 Å². The van der Waals surface area contributed by atoms with Gasteiger partial charge in [-0.15, -0.1) is 4.28 Å². The fourth-order valence-corrected chi connectivity index (χ4v) is 4.29. The lowest BCUT2D eigenvalue weighted by molar-refractivity contribution is -0.139. The van der Waals surface area contributed by atoms with Crippen molar-refractivity contribution < 1.29 is 31.7 Å². The molecule has 2 saturated heterocycles. The van der Waals surface area contributed by atoms with Gasteiger partial charge in [-0.25, -0.2) is 10.3 Å². The first kappa shape index (κ1) is 19.3. The zero-order valence-corrected chi connectivity index (χ0v) is 15.1. The van der Waals surface area contributed by atoms with E-state index in [0.717, 1.165) is 25.7 Å². The van der Waals surface area contributed by atoms with Crippen molar-refractivity contribution in [3.63, 3.8) is 0 Å². The molecule has 1 unspecified atom stereocenters. The summed E-state index contributed by atoms with van der Waals surface area (Å²) in [6.07, 6.45) is 5.13. The smallest absolute Gasteiger partial charge is 0.325 e. The van der Waals surface area contributed by atoms with E-state index in [9.17, 15) is 18.0 Å². The Kier molecular flexibility index (Phi) is 5.67. The van der Waals surface area contributed by atoms with Gasteiger partial charge in [0.15, 0.2) is 0 Å². The maximum absolute atomic E-state index is 12.3. The van der Waals surface area contributed by atoms with E-state index in [1.54, 1.807) is 0 Å². The highest BCUT2D eigenvalue weighted by Gasteiger charge is 2.49. The molecule has 3 rings (SSSR count). The molecule has 3 atom stereocenters. The molecule has 0 spiro atoms. The normalized spacial score (nSPS) is 27.8. The Morgan fingerprint density at radius 2 is 2.00 bits per heavy atom. The number of nitrogens with one attached hydrogen (secondary N) is 1. The van der Waals surface area contributed by atoms with Gasteiger partial charge in [-0.3, -0.25) is 14.2 Å². The minimum absolute atomic E-state index is 0.133. The Balaban J connectivity index is 1.50. The Labute approximate surface area is 151 Å². The van der Waals surface area contributed by atoms with Crippen molar-refractivity contribution in [3.8, 4) is 0 Å². The summed E-state index contributed by atoms with van der Waals surface area (Å²) in [6.45, 7) is 0.325. The zero-order valence-electron chi connectivity index (χ0n) is 14.2. The van der Waals surface area contributed by atoms with Crippen LogP contribution in [-0.4, -0.2) is 66.1 Å². The molecule has 0 aromatic heterocycles. The van der Waals surface area contributed by atoms with Crippen LogP contribution in [0.15, 0.2) is 0 Å². The third-order valence-corrected chi connectivity index (χ3v) is 5.60. The Morgan fingerprint density at radius 1 is 1.31 bits per heavy atom. The Bertz CT molecular complexity index is 652. The van der Waals surface area contributed by atoms with Crippen molar-refractivity contribution in [1.82, 2.24) is 15.4 Å². The van der Waals surface area contributed by atoms with Gasteiger partial charge in [-0.05, 0) is 31.6 Å². The molecular weight excluding hydrogens is 368 g/mol. The highest BCUT2D eigenvalue weighted by molar-refractivity contribution is 7.80. The summed E-state index contributed by atoms with van der Waals surface area (Å²) >= 11 is 0. The predicted octanol–water partition coefficient (Wildman–Crippen LogP) is -0.445. The second-order valence-electron chi connectivity index (χ2n) is 7.00. The van der Waals surface area contributed by atoms with Crippen molar-refractivity contribution in [3.05, 3.63) is 0 Å². The van der Waals surface area contributed by atoms with Crippen molar-refractivity contribution >= 4 is 22.3 Å². The molecule has 0 aromatic carbocycles. The van der Waals surface area contributed by atoms with Gasteiger partial charge < -0.3 is 10.6 Å². The summed E-state index contributed by atoms with van der Waals surface area (Å²) in [6, 6.07) is -2.27. The number of nitrogens with two attached hydrogens (primary N) is 1. The van der Waals surface area contributed by atoms with Crippen LogP contribution in [0.2, 0.25) is 0 Å². The zero-order chi connectivity index (χ0) is 18.9. The van der Waals surface area contributed by atoms with Crippen molar-refractivity contribution in [1.29, 1.82) is 0 Å². The van der Waals surface area contributed by atoms with E-state index in [2.05, 4.69) is 9.76 Å². The molecule has 4 N–H and O–H groups in total. The van der Waals surface area contributed by atoms with Crippen LogP contribution in [0, 0.1) is 5.92 Å². The minimum Gasteiger partial charge on any atom is -0.325 e. The maximum Gasteiger partial charge on any atom is 0.418 e. The number of hydrogen-bond acceptors (Lipinski definition) is 7. The van der Waals surface area contributed by atoms with Crippen LogP contribution in [-0.2, 0) is 24.3 Å². The molecule has 2 heterocycles. The highest BCUT2D eigenvalue weighted by atomic mass is 32.3. The largest absolute Gasteiger partial charge is 0.418 e. The van der Waals surface area contributed by atoms with Gasteiger partial charge in [-0.2, -0.15) is 13.5 Å². The molecule has 11 nitrogen and oxygen atoms in total. The quantitative estimate of drug-likeness (QED) is 0.389. The van der Waals surface area contributed by atoms with Crippen LogP contribution in [0.25, 0.3) is 0 Å². The molecule has 2 bridgehead atoms. The van der Waals surface area contributed by atoms with E-state index in [4.69, 9.17) is 15.1 Å². The highest BCUT2D eigenvalue weighted by Crippen LogP contribution is 2.31. The lowest BCUT2D eigenvalue weighted by Gasteiger charge is -2.29. The number of hydrogen-bond donors (Lipinski definition) is 3. The molecule has 3 aliphatic rings. The number of carbonyl (C=O) groups excluding carboxylic acids is 2. The van der Waals surface area contributed by atoms with Crippen LogP contribution in [0.5, 0.6) is 0 Å². The molecule has 3 fully saturated rings. The van der Waals surface area contributed by atoms with E-state index in [1.807, 2.05) is 0 Å². The molecule has 12 heteroatoms. The van der Waals surface area contributed by atoms with Gasteiger partial charge in [0.1, 0.15) is 6.04 Å². The van der Waals surface area contributed by atoms with Crippen molar-refractivity contribution in [2.75, 3.05) is 13.2 Å². The van der Waals surface area contributed by atoms with E-state index in [1.165, 1.54) is 4.90 Å². The first-order valence-corrected chi connectivity index (χ1v) is 10.1. The van der Waals surface area contributed by atoms with Gasteiger partial charge in [0.2, 0.25) is 0 Å². The number of carbonyl (C=O) groups is 2. The third-order valence-electron chi connectivity index (χ3n) is 5.25. The van der Waals surface area contributed by atoms with E-state index in [-0.39, 0.29) is 19.2 Å². The molecule has 1 aliphatic carbocycles. The standard InChI is InChI=1S/C14H24N4O7S/c15-11(9-3-1-2-4-9)8-24-16-13(19)12-6-5-10-7-17(12)14(20)18(10)25-26(21,22)23/h9-12H,1-8,15H2,(H,16,19)(H,21,22,23)/t10-,11?,12+/m1/s1. The minimum atomic E-state index is -4.81. The first-order chi connectivity index (χ1) is 12.3. The summed E-state index contributed by atoms with van der Waals surface area (Å²) in [4.78, 5) is 31.0. The lowest BCUT2D eigenvalue weighted by atomic mass is 10.00. The fraction of sp³-hybridized carbons (Fsp3) is 0.857. The Hall–Kier alpha value is -1.47. The van der Waals surface area contributed by atoms with Crippen LogP contribution < -0.4 is 11.2 Å². The second-order valence-corrected chi connectivity index (χ2v) is 8.00. The summed E-state index contributed by atoms with van der Waals surface area (Å²) in [7, 11) is -4.81. The molecule has 2 aliphatic heterocycles. The average Bonchev–Trinajstić information content (AvgIpc) is 3.18. The Morgan fingerprint density at radius 3 is 2.65 bits per heavy atom. The molecule has 0 aromatic rings. The van der Waals surface area contributed by atoms with E-state index < -0.39 is 34.4 Å². The number of nitrogens with zero attached hydrogens (tertiary/aromatic N) is 2. The van der Waals surface area contributed by atoms with Gasteiger partial charge in [0, 0.05) is 12.6 Å². The number of rotatable bonds is 7. The third kappa shape index (κ3) is 4.26. The van der Waals surface area contributed by atoms with Gasteiger partial charge in [0.05, 0.1) is 12.6 Å². The topological polar surface area (TPSA) is 151 Å². The summed E-state index contributed by atoms with van der Waals surface area (Å²) in [5, 5.41) is 0.597. The first-order valence-electron chi connectivity index (χ1n) is 8.70. The molecule has 148 valence electrons. The van der Waals surface area contributed by atoms with Gasteiger partial charge >= 0.3 is 16.4 Å². The number of piperidine rings is 1. The maximum atomic E-state index is 12.3. The molecule has 0 radical (unpaired) electrons.